The molecule has 0 saturated carbocycles. The second-order valence-electron chi connectivity index (χ2n) is 6.37. The van der Waals surface area contributed by atoms with Crippen molar-refractivity contribution in [3.05, 3.63) is 22.7 Å². The van der Waals surface area contributed by atoms with E-state index in [-0.39, 0.29) is 0 Å². The maximum atomic E-state index is 6.24. The van der Waals surface area contributed by atoms with E-state index in [0.29, 0.717) is 22.9 Å². The molecule has 2 aliphatic heterocycles. The molecule has 4 nitrogen and oxygen atoms in total. The Morgan fingerprint density at radius 1 is 1.23 bits per heavy atom. The summed E-state index contributed by atoms with van der Waals surface area (Å²) in [5.41, 5.74) is 1.10. The molecule has 0 bridgehead atoms. The first-order valence-electron chi connectivity index (χ1n) is 8.01. The summed E-state index contributed by atoms with van der Waals surface area (Å²) in [6.07, 6.45) is 2.65. The fourth-order valence-electron chi connectivity index (χ4n) is 3.81. The van der Waals surface area contributed by atoms with Crippen LogP contribution in [0.4, 0.5) is 0 Å². The van der Waals surface area contributed by atoms with Gasteiger partial charge in [0.05, 0.1) is 14.2 Å². The molecule has 0 radical (unpaired) electrons. The second kappa shape index (κ2) is 6.65. The molecule has 0 aliphatic carbocycles. The molecule has 0 unspecified atom stereocenters. The van der Waals surface area contributed by atoms with Gasteiger partial charge in [0.1, 0.15) is 0 Å². The maximum Gasteiger partial charge on any atom is 0.165 e. The minimum atomic E-state index is 0.545. The van der Waals surface area contributed by atoms with Crippen molar-refractivity contribution in [1.29, 1.82) is 0 Å². The van der Waals surface area contributed by atoms with Crippen molar-refractivity contribution in [2.24, 2.45) is 0 Å². The molecule has 0 amide bonds. The van der Waals surface area contributed by atoms with Gasteiger partial charge in [-0.25, -0.2) is 0 Å². The Balaban J connectivity index is 1.81. The van der Waals surface area contributed by atoms with Crippen molar-refractivity contribution in [3.63, 3.8) is 0 Å². The van der Waals surface area contributed by atoms with Gasteiger partial charge in [-0.1, -0.05) is 11.6 Å². The van der Waals surface area contributed by atoms with Crippen LogP contribution in [-0.2, 0) is 6.54 Å². The minimum Gasteiger partial charge on any atom is -0.493 e. The first-order chi connectivity index (χ1) is 10.6. The van der Waals surface area contributed by atoms with Gasteiger partial charge in [-0.05, 0) is 32.4 Å². The molecular weight excluding hydrogens is 300 g/mol. The summed E-state index contributed by atoms with van der Waals surface area (Å²) in [6, 6.07) is 5.06. The third-order valence-electron chi connectivity index (χ3n) is 4.96. The highest BCUT2D eigenvalue weighted by molar-refractivity contribution is 6.30. The number of fused-ring (bicyclic) bond motifs is 1. The lowest BCUT2D eigenvalue weighted by Crippen LogP contribution is -2.54. The van der Waals surface area contributed by atoms with E-state index in [1.54, 1.807) is 14.2 Å². The van der Waals surface area contributed by atoms with Gasteiger partial charge in [0.15, 0.2) is 11.5 Å². The minimum absolute atomic E-state index is 0.545. The molecule has 22 heavy (non-hydrogen) atoms. The molecule has 2 fully saturated rings. The van der Waals surface area contributed by atoms with Gasteiger partial charge in [0, 0.05) is 48.4 Å². The van der Waals surface area contributed by atoms with Crippen LogP contribution in [0.3, 0.4) is 0 Å². The standard InChI is InChI=1S/C17H25ClN2O2/c1-12-9-19-6-4-5-15(19)11-20(12)10-13-7-14(18)8-16(21-2)17(13)22-3/h7-8,12,15H,4-6,9-11H2,1-3H3/t12-,15+/m1/s1. The van der Waals surface area contributed by atoms with Crippen LogP contribution in [0.25, 0.3) is 0 Å². The van der Waals surface area contributed by atoms with Gasteiger partial charge < -0.3 is 9.47 Å². The van der Waals surface area contributed by atoms with Gasteiger partial charge in [-0.2, -0.15) is 0 Å². The van der Waals surface area contributed by atoms with Crippen LogP contribution in [0.2, 0.25) is 5.02 Å². The quantitative estimate of drug-likeness (QED) is 0.850. The molecule has 2 heterocycles. The smallest absolute Gasteiger partial charge is 0.165 e. The summed E-state index contributed by atoms with van der Waals surface area (Å²) < 4.78 is 11.0. The van der Waals surface area contributed by atoms with E-state index < -0.39 is 0 Å². The second-order valence-corrected chi connectivity index (χ2v) is 6.81. The number of hydrogen-bond donors (Lipinski definition) is 0. The first-order valence-corrected chi connectivity index (χ1v) is 8.38. The monoisotopic (exact) mass is 324 g/mol. The number of rotatable bonds is 4. The van der Waals surface area contributed by atoms with Crippen LogP contribution in [-0.4, -0.2) is 55.7 Å². The molecule has 3 rings (SSSR count). The Morgan fingerprint density at radius 3 is 2.77 bits per heavy atom. The Labute approximate surface area is 137 Å². The summed E-state index contributed by atoms with van der Waals surface area (Å²) in [4.78, 5) is 5.18. The van der Waals surface area contributed by atoms with Crippen LogP contribution in [0.15, 0.2) is 12.1 Å². The molecule has 122 valence electrons. The number of nitrogens with zero attached hydrogens (tertiary/aromatic N) is 2. The number of piperazine rings is 1. The number of benzene rings is 1. The molecular formula is C17H25ClN2O2. The Hall–Kier alpha value is -0.970. The molecule has 0 aromatic heterocycles. The van der Waals surface area contributed by atoms with E-state index in [1.807, 2.05) is 12.1 Å². The summed E-state index contributed by atoms with van der Waals surface area (Å²) in [7, 11) is 3.34. The summed E-state index contributed by atoms with van der Waals surface area (Å²) in [5.74, 6) is 1.50. The van der Waals surface area contributed by atoms with Crippen molar-refractivity contribution in [2.45, 2.75) is 38.4 Å². The van der Waals surface area contributed by atoms with Crippen LogP contribution < -0.4 is 9.47 Å². The fourth-order valence-corrected chi connectivity index (χ4v) is 4.04. The average molecular weight is 325 g/mol. The van der Waals surface area contributed by atoms with Crippen LogP contribution >= 0.6 is 11.6 Å². The van der Waals surface area contributed by atoms with Gasteiger partial charge in [-0.15, -0.1) is 0 Å². The normalized spacial score (nSPS) is 26.0. The van der Waals surface area contributed by atoms with Crippen molar-refractivity contribution in [3.8, 4) is 11.5 Å². The molecule has 1 aromatic carbocycles. The molecule has 0 spiro atoms. The van der Waals surface area contributed by atoms with E-state index >= 15 is 0 Å². The Kier molecular flexibility index (Phi) is 4.81. The van der Waals surface area contributed by atoms with E-state index in [1.165, 1.54) is 19.4 Å². The van der Waals surface area contributed by atoms with Gasteiger partial charge in [0.25, 0.3) is 0 Å². The summed E-state index contributed by atoms with van der Waals surface area (Å²) in [6.45, 7) is 6.70. The topological polar surface area (TPSA) is 24.9 Å². The predicted octanol–water partition coefficient (Wildman–Crippen LogP) is 3.03. The van der Waals surface area contributed by atoms with Crippen molar-refractivity contribution in [2.75, 3.05) is 33.9 Å². The number of halogens is 1. The highest BCUT2D eigenvalue weighted by Crippen LogP contribution is 2.36. The van der Waals surface area contributed by atoms with E-state index in [9.17, 15) is 0 Å². The number of hydrogen-bond acceptors (Lipinski definition) is 4. The van der Waals surface area contributed by atoms with E-state index in [0.717, 1.165) is 30.9 Å². The van der Waals surface area contributed by atoms with E-state index in [4.69, 9.17) is 21.1 Å². The van der Waals surface area contributed by atoms with Gasteiger partial charge in [0.2, 0.25) is 0 Å². The van der Waals surface area contributed by atoms with Crippen molar-refractivity contribution in [1.82, 2.24) is 9.80 Å². The van der Waals surface area contributed by atoms with Crippen molar-refractivity contribution < 1.29 is 9.47 Å². The Bertz CT molecular complexity index is 538. The van der Waals surface area contributed by atoms with Gasteiger partial charge in [-0.3, -0.25) is 9.80 Å². The maximum absolute atomic E-state index is 6.24. The first kappa shape index (κ1) is 15.9. The number of methoxy groups -OCH3 is 2. The molecule has 2 saturated heterocycles. The van der Waals surface area contributed by atoms with E-state index in [2.05, 4.69) is 16.7 Å². The lowest BCUT2D eigenvalue weighted by atomic mass is 10.1. The number of ether oxygens (including phenoxy) is 2. The third-order valence-corrected chi connectivity index (χ3v) is 5.18. The Morgan fingerprint density at radius 2 is 2.05 bits per heavy atom. The largest absolute Gasteiger partial charge is 0.493 e. The summed E-state index contributed by atoms with van der Waals surface area (Å²) in [5, 5.41) is 0.694. The molecule has 5 heteroatoms. The zero-order valence-corrected chi connectivity index (χ0v) is 14.4. The lowest BCUT2D eigenvalue weighted by Gasteiger charge is -2.42. The molecule has 2 aliphatic rings. The molecule has 1 aromatic rings. The predicted molar refractivity (Wildman–Crippen MR) is 89.0 cm³/mol. The summed E-state index contributed by atoms with van der Waals surface area (Å²) >= 11 is 6.24. The lowest BCUT2D eigenvalue weighted by molar-refractivity contribution is 0.0534. The highest BCUT2D eigenvalue weighted by atomic mass is 35.5. The molecule has 0 N–H and O–H groups in total. The van der Waals surface area contributed by atoms with Crippen LogP contribution in [0.1, 0.15) is 25.3 Å². The third kappa shape index (κ3) is 3.05. The van der Waals surface area contributed by atoms with Crippen LogP contribution in [0.5, 0.6) is 11.5 Å². The average Bonchev–Trinajstić information content (AvgIpc) is 2.94. The zero-order chi connectivity index (χ0) is 15.7. The highest BCUT2D eigenvalue weighted by Gasteiger charge is 2.34. The SMILES string of the molecule is COc1cc(Cl)cc(CN2C[C@@H]3CCCN3C[C@H]2C)c1OC. The fraction of sp³-hybridized carbons (Fsp3) is 0.647. The van der Waals surface area contributed by atoms with Gasteiger partial charge >= 0.3 is 0 Å². The zero-order valence-electron chi connectivity index (χ0n) is 13.6. The molecule has 2 atom stereocenters. The van der Waals surface area contributed by atoms with Crippen LogP contribution in [0, 0.1) is 0 Å². The van der Waals surface area contributed by atoms with Crippen molar-refractivity contribution >= 4 is 11.6 Å².